The molecule has 12 heteroatoms. The topological polar surface area (TPSA) is 173 Å². The van der Waals surface area contributed by atoms with Gasteiger partial charge in [0.1, 0.15) is 24.3 Å². The molecule has 1 aliphatic rings. The molecule has 7 N–H and O–H groups in total. The number of amides is 2. The van der Waals surface area contributed by atoms with Crippen molar-refractivity contribution in [2.24, 2.45) is 17.6 Å². The number of carbonyl (C=O) groups is 2. The van der Waals surface area contributed by atoms with Gasteiger partial charge < -0.3 is 45.9 Å². The van der Waals surface area contributed by atoms with Gasteiger partial charge in [-0.25, -0.2) is 9.18 Å². The van der Waals surface area contributed by atoms with Gasteiger partial charge in [-0.1, -0.05) is 38.2 Å². The summed E-state index contributed by atoms with van der Waals surface area (Å²) in [6.45, 7) is 6.15. The third kappa shape index (κ3) is 9.20. The first-order valence-electron chi connectivity index (χ1n) is 13.8. The number of alkyl halides is 1. The van der Waals surface area contributed by atoms with Crippen LogP contribution in [-0.2, 0) is 25.4 Å². The smallest absolute Gasteiger partial charge is 0.405 e. The summed E-state index contributed by atoms with van der Waals surface area (Å²) in [5.41, 5.74) is 6.59. The van der Waals surface area contributed by atoms with Crippen LogP contribution in [0.4, 0.5) is 20.6 Å². The van der Waals surface area contributed by atoms with Gasteiger partial charge in [0.05, 0.1) is 23.6 Å². The number of phenolic OH excluding ortho intramolecular Hbond substituents is 2. The third-order valence-corrected chi connectivity index (χ3v) is 7.23. The van der Waals surface area contributed by atoms with Gasteiger partial charge >= 0.3 is 6.09 Å². The Morgan fingerprint density at radius 2 is 1.90 bits per heavy atom. The molecule has 0 radical (unpaired) electrons. The summed E-state index contributed by atoms with van der Waals surface area (Å²) in [6.07, 6.45) is 2.64. The quantitative estimate of drug-likeness (QED) is 0.162. The largest absolute Gasteiger partial charge is 0.506 e. The number of methoxy groups -OCH3 is 2. The van der Waals surface area contributed by atoms with Gasteiger partial charge in [-0.2, -0.15) is 0 Å². The van der Waals surface area contributed by atoms with Crippen LogP contribution in [0.3, 0.4) is 0 Å². The summed E-state index contributed by atoms with van der Waals surface area (Å²) >= 11 is 0. The van der Waals surface area contributed by atoms with Crippen LogP contribution in [0.5, 0.6) is 11.5 Å². The molecule has 2 amide bonds. The van der Waals surface area contributed by atoms with E-state index in [4.69, 9.17) is 19.9 Å². The maximum Gasteiger partial charge on any atom is 0.405 e. The zero-order valence-corrected chi connectivity index (χ0v) is 25.0. The molecule has 42 heavy (non-hydrogen) atoms. The van der Waals surface area contributed by atoms with Gasteiger partial charge in [0.15, 0.2) is 6.10 Å². The Morgan fingerprint density at radius 3 is 2.50 bits per heavy atom. The number of aromatic hydroxyl groups is 2. The lowest BCUT2D eigenvalue weighted by Gasteiger charge is -2.29. The van der Waals surface area contributed by atoms with Crippen LogP contribution in [-0.4, -0.2) is 79.2 Å². The highest BCUT2D eigenvalue weighted by Crippen LogP contribution is 2.42. The number of hydrogen-bond acceptors (Lipinski definition) is 9. The minimum absolute atomic E-state index is 0.0263. The van der Waals surface area contributed by atoms with Crippen LogP contribution in [0, 0.1) is 11.8 Å². The molecule has 0 aliphatic carbocycles. The maximum absolute atomic E-state index is 13.0. The zero-order valence-electron chi connectivity index (χ0n) is 25.0. The van der Waals surface area contributed by atoms with Crippen molar-refractivity contribution >= 4 is 23.4 Å². The van der Waals surface area contributed by atoms with Crippen molar-refractivity contribution < 1.29 is 43.5 Å². The average molecular weight is 594 g/mol. The minimum Gasteiger partial charge on any atom is -0.506 e. The second-order valence-corrected chi connectivity index (χ2v) is 10.6. The minimum atomic E-state index is -1.00. The molecule has 0 saturated heterocycles. The first-order chi connectivity index (χ1) is 19.8. The number of primary amides is 1. The Labute approximate surface area is 246 Å². The fourth-order valence-corrected chi connectivity index (χ4v) is 4.98. The van der Waals surface area contributed by atoms with E-state index in [0.717, 1.165) is 0 Å². The number of anilines is 2. The highest BCUT2D eigenvalue weighted by atomic mass is 19.1. The van der Waals surface area contributed by atoms with Crippen molar-refractivity contribution in [3.05, 3.63) is 47.1 Å². The van der Waals surface area contributed by atoms with Crippen LogP contribution in [0.25, 0.3) is 0 Å². The Kier molecular flexibility index (Phi) is 13.3. The fraction of sp³-hybridized carbons (Fsp3) is 0.533. The number of phenols is 2. The Balaban J connectivity index is 2.66. The molecule has 234 valence electrons. The number of rotatable bonds is 6. The Morgan fingerprint density at radius 1 is 1.21 bits per heavy atom. The van der Waals surface area contributed by atoms with E-state index in [-0.39, 0.29) is 52.9 Å². The van der Waals surface area contributed by atoms with E-state index in [1.807, 2.05) is 6.92 Å². The van der Waals surface area contributed by atoms with Crippen molar-refractivity contribution in [1.82, 2.24) is 0 Å². The van der Waals surface area contributed by atoms with Gasteiger partial charge in [-0.3, -0.25) is 4.79 Å². The molecule has 0 spiro atoms. The van der Waals surface area contributed by atoms with Crippen LogP contribution in [0.15, 0.2) is 41.5 Å². The van der Waals surface area contributed by atoms with Crippen molar-refractivity contribution in [1.29, 1.82) is 0 Å². The highest BCUT2D eigenvalue weighted by molar-refractivity contribution is 6.04. The summed E-state index contributed by atoms with van der Waals surface area (Å²) < 4.78 is 29.5. The van der Waals surface area contributed by atoms with Crippen molar-refractivity contribution in [2.75, 3.05) is 38.1 Å². The Hall–Kier alpha value is -3.61. The molecule has 1 aromatic rings. The maximum atomic E-state index is 13.0. The molecule has 2 bridgehead atoms. The normalized spacial score (nSPS) is 29.4. The molecule has 1 aromatic carbocycles. The number of nitrogens with one attached hydrogen (secondary N) is 2. The fourth-order valence-electron chi connectivity index (χ4n) is 4.98. The summed E-state index contributed by atoms with van der Waals surface area (Å²) in [5, 5.41) is 38.6. The highest BCUT2D eigenvalue weighted by Gasteiger charge is 2.30. The lowest BCUT2D eigenvalue weighted by molar-refractivity contribution is -0.112. The molecule has 11 nitrogen and oxygen atoms in total. The third-order valence-electron chi connectivity index (χ3n) is 7.23. The number of fused-ring (bicyclic) bond motifs is 2. The van der Waals surface area contributed by atoms with Gasteiger partial charge in [0.2, 0.25) is 0 Å². The van der Waals surface area contributed by atoms with E-state index < -0.39 is 49.0 Å². The summed E-state index contributed by atoms with van der Waals surface area (Å²) in [6, 6.07) is 1.19. The first kappa shape index (κ1) is 34.6. The number of carbonyl (C=O) groups excluding carboxylic acids is 2. The monoisotopic (exact) mass is 593 g/mol. The number of ether oxygens (including phenoxy) is 3. The number of hydrogen-bond donors (Lipinski definition) is 6. The van der Waals surface area contributed by atoms with Crippen LogP contribution < -0.4 is 16.4 Å². The molecule has 1 heterocycles. The molecule has 0 aromatic heterocycles. The molecule has 1 aliphatic heterocycles. The van der Waals surface area contributed by atoms with E-state index in [0.29, 0.717) is 12.0 Å². The number of benzene rings is 1. The van der Waals surface area contributed by atoms with Gasteiger partial charge in [-0.05, 0) is 38.2 Å². The zero-order chi connectivity index (χ0) is 31.6. The predicted octanol–water partition coefficient (Wildman–Crippen LogP) is 3.94. The van der Waals surface area contributed by atoms with E-state index in [1.54, 1.807) is 39.0 Å². The van der Waals surface area contributed by atoms with Crippen molar-refractivity contribution in [2.45, 2.75) is 65.0 Å². The summed E-state index contributed by atoms with van der Waals surface area (Å²) in [5.74, 6) is -1.76. The number of halogens is 1. The first-order valence-corrected chi connectivity index (χ1v) is 13.8. The molecule has 0 saturated carbocycles. The summed E-state index contributed by atoms with van der Waals surface area (Å²) in [7, 11) is 2.91. The molecule has 2 rings (SSSR count). The van der Waals surface area contributed by atoms with Crippen molar-refractivity contribution in [3.8, 4) is 11.5 Å². The lowest BCUT2D eigenvalue weighted by Crippen LogP contribution is -2.37. The van der Waals surface area contributed by atoms with Crippen molar-refractivity contribution in [3.63, 3.8) is 0 Å². The van der Waals surface area contributed by atoms with Gasteiger partial charge in [0, 0.05) is 43.9 Å². The molecule has 0 unspecified atom stereocenters. The molecule has 0 fully saturated rings. The lowest BCUT2D eigenvalue weighted by atomic mass is 9.87. The van der Waals surface area contributed by atoms with Crippen LogP contribution in [0.2, 0.25) is 0 Å². The number of aliphatic hydroxyl groups is 1. The van der Waals surface area contributed by atoms with E-state index >= 15 is 0 Å². The molecular weight excluding hydrogens is 549 g/mol. The Bertz CT molecular complexity index is 1190. The van der Waals surface area contributed by atoms with Gasteiger partial charge in [-0.15, -0.1) is 0 Å². The van der Waals surface area contributed by atoms with Crippen LogP contribution >= 0.6 is 0 Å². The number of nitrogens with two attached hydrogens (primary N) is 1. The van der Waals surface area contributed by atoms with E-state index in [2.05, 4.69) is 10.6 Å². The summed E-state index contributed by atoms with van der Waals surface area (Å²) in [4.78, 5) is 24.7. The number of allylic oxidation sites excluding steroid dienone is 2. The SMILES string of the molecule is CO[C@H]1/C=C\C=C(/C)C(=O)Nc2cc(O)c(NCCF)c(c2O)C[C@@H](C)C[C@H](OC)[C@H](O)[C@@H](C)/C=C(\C)[C@H]1OC(N)=O. The second kappa shape index (κ2) is 16.1. The second-order valence-electron chi connectivity index (χ2n) is 10.6. The molecule has 6 atom stereocenters. The predicted molar refractivity (Wildman–Crippen MR) is 158 cm³/mol. The van der Waals surface area contributed by atoms with E-state index in [1.165, 1.54) is 26.4 Å². The van der Waals surface area contributed by atoms with E-state index in [9.17, 15) is 29.3 Å². The standard InChI is InChI=1S/C30H44FN3O8/c1-16-12-20-25(33-11-10-31)22(35)15-21(27(20)37)34-29(38)17(2)8-7-9-23(40-5)28(42-30(32)39)19(4)14-18(3)26(36)24(13-16)41-6/h7-9,14-16,18,23-24,26,28,33,35-37H,10-13H2,1-6H3,(H2,32,39)(H,34,38)/b9-7-,17-8+,19-14+/t16-,18+,23+,24+,26-,28-/m1/s1. The van der Waals surface area contributed by atoms with Gasteiger partial charge in [0.25, 0.3) is 5.91 Å². The average Bonchev–Trinajstić information content (AvgIpc) is 2.94. The number of aliphatic hydroxyl groups excluding tert-OH is 1. The molecular formula is C30H44FN3O8. The van der Waals surface area contributed by atoms with Crippen LogP contribution in [0.1, 0.15) is 39.7 Å².